The van der Waals surface area contributed by atoms with Crippen molar-refractivity contribution in [2.24, 2.45) is 5.41 Å². The van der Waals surface area contributed by atoms with E-state index in [1.807, 2.05) is 24.2 Å². The van der Waals surface area contributed by atoms with Gasteiger partial charge in [-0.3, -0.25) is 4.79 Å². The second kappa shape index (κ2) is 6.41. The largest absolute Gasteiger partial charge is 0.381 e. The maximum atomic E-state index is 12.6. The van der Waals surface area contributed by atoms with Gasteiger partial charge in [0.05, 0.1) is 12.4 Å². The van der Waals surface area contributed by atoms with Crippen molar-refractivity contribution < 1.29 is 9.53 Å². The molecule has 0 radical (unpaired) electrons. The van der Waals surface area contributed by atoms with Crippen LogP contribution in [-0.4, -0.2) is 46.2 Å². The second-order valence-corrected chi connectivity index (χ2v) is 7.05. The average molecular weight is 305 g/mol. The third-order valence-electron chi connectivity index (χ3n) is 5.58. The number of rotatable bonds is 5. The molecule has 0 aromatic carbocycles. The van der Waals surface area contributed by atoms with Crippen molar-refractivity contribution in [3.8, 4) is 0 Å². The fourth-order valence-electron chi connectivity index (χ4n) is 4.26. The monoisotopic (exact) mass is 305 g/mol. The average Bonchev–Trinajstić information content (AvgIpc) is 3.13. The zero-order valence-corrected chi connectivity index (χ0v) is 13.7. The van der Waals surface area contributed by atoms with Crippen molar-refractivity contribution in [3.63, 3.8) is 0 Å². The Morgan fingerprint density at radius 1 is 1.45 bits per heavy atom. The quantitative estimate of drug-likeness (QED) is 0.839. The summed E-state index contributed by atoms with van der Waals surface area (Å²) >= 11 is 0. The summed E-state index contributed by atoms with van der Waals surface area (Å²) in [5.41, 5.74) is 0.249. The van der Waals surface area contributed by atoms with Crippen LogP contribution in [0.25, 0.3) is 0 Å². The summed E-state index contributed by atoms with van der Waals surface area (Å²) in [6, 6.07) is 0.416. The zero-order chi connectivity index (χ0) is 15.6. The normalized spacial score (nSPS) is 31.3. The summed E-state index contributed by atoms with van der Waals surface area (Å²) in [5.74, 6) is 0.324. The van der Waals surface area contributed by atoms with Crippen LogP contribution < -0.4 is 0 Å². The summed E-state index contributed by atoms with van der Waals surface area (Å²) in [6.07, 6.45) is 11.8. The zero-order valence-electron chi connectivity index (χ0n) is 13.7. The molecule has 1 aromatic heterocycles. The van der Waals surface area contributed by atoms with Crippen LogP contribution in [0.4, 0.5) is 0 Å². The van der Waals surface area contributed by atoms with E-state index in [0.29, 0.717) is 24.5 Å². The van der Waals surface area contributed by atoms with Crippen molar-refractivity contribution in [3.05, 3.63) is 18.7 Å². The van der Waals surface area contributed by atoms with Gasteiger partial charge in [-0.25, -0.2) is 4.98 Å². The third kappa shape index (κ3) is 3.05. The number of fused-ring (bicyclic) bond motifs is 1. The van der Waals surface area contributed by atoms with Gasteiger partial charge in [0.25, 0.3) is 0 Å². The molecule has 3 atom stereocenters. The van der Waals surface area contributed by atoms with Crippen LogP contribution in [0.15, 0.2) is 18.7 Å². The molecular weight excluding hydrogens is 278 g/mol. The molecule has 5 nitrogen and oxygen atoms in total. The highest BCUT2D eigenvalue weighted by atomic mass is 16.5. The lowest BCUT2D eigenvalue weighted by molar-refractivity contribution is -0.134. The van der Waals surface area contributed by atoms with Gasteiger partial charge in [0.1, 0.15) is 0 Å². The number of hydrogen-bond donors (Lipinski definition) is 0. The summed E-state index contributed by atoms with van der Waals surface area (Å²) in [6.45, 7) is 4.12. The minimum absolute atomic E-state index is 0.249. The topological polar surface area (TPSA) is 47.4 Å². The van der Waals surface area contributed by atoms with E-state index in [4.69, 9.17) is 4.74 Å². The molecule has 3 rings (SSSR count). The Balaban J connectivity index is 1.53. The van der Waals surface area contributed by atoms with Gasteiger partial charge in [-0.05, 0) is 37.5 Å². The second-order valence-electron chi connectivity index (χ2n) is 7.05. The molecule has 22 heavy (non-hydrogen) atoms. The molecule has 2 fully saturated rings. The van der Waals surface area contributed by atoms with Gasteiger partial charge in [-0.1, -0.05) is 6.92 Å². The number of carbonyl (C=O) groups is 1. The number of methoxy groups -OCH3 is 1. The van der Waals surface area contributed by atoms with Crippen LogP contribution >= 0.6 is 0 Å². The van der Waals surface area contributed by atoms with Gasteiger partial charge in [0.2, 0.25) is 5.91 Å². The van der Waals surface area contributed by atoms with Crippen LogP contribution in [0, 0.1) is 5.41 Å². The van der Waals surface area contributed by atoms with Crippen LogP contribution in [-0.2, 0) is 16.1 Å². The van der Waals surface area contributed by atoms with Gasteiger partial charge < -0.3 is 14.2 Å². The predicted molar refractivity (Wildman–Crippen MR) is 84.3 cm³/mol. The van der Waals surface area contributed by atoms with Crippen molar-refractivity contribution in [2.75, 3.05) is 13.7 Å². The minimum atomic E-state index is 0.249. The van der Waals surface area contributed by atoms with Gasteiger partial charge >= 0.3 is 0 Å². The van der Waals surface area contributed by atoms with E-state index in [1.165, 1.54) is 0 Å². The number of amides is 1. The number of ether oxygens (including phenoxy) is 1. The molecule has 2 heterocycles. The summed E-state index contributed by atoms with van der Waals surface area (Å²) in [7, 11) is 1.81. The summed E-state index contributed by atoms with van der Waals surface area (Å²) < 4.78 is 7.59. The number of hydrogen-bond acceptors (Lipinski definition) is 3. The predicted octanol–water partition coefficient (Wildman–Crippen LogP) is 2.47. The Kier molecular flexibility index (Phi) is 4.52. The number of aromatic nitrogens is 2. The fraction of sp³-hybridized carbons (Fsp3) is 0.765. The van der Waals surface area contributed by atoms with Crippen molar-refractivity contribution >= 4 is 5.91 Å². The standard InChI is InChI=1S/C17H27N3O2/c1-17-7-10-20(15(17)6-5-14(12-17)22-2)16(21)4-3-9-19-11-8-18-13-19/h8,11,13-15H,3-7,9-10,12H2,1-2H3/t14-,15-,17+/m1/s1. The lowest BCUT2D eigenvalue weighted by atomic mass is 9.71. The molecular formula is C17H27N3O2. The number of nitrogens with zero attached hydrogens (tertiary/aromatic N) is 3. The Bertz CT molecular complexity index is 502. The molecule has 1 aliphatic heterocycles. The van der Waals surface area contributed by atoms with Gasteiger partial charge in [0, 0.05) is 45.1 Å². The maximum Gasteiger partial charge on any atom is 0.222 e. The molecule has 0 spiro atoms. The molecule has 1 aromatic rings. The van der Waals surface area contributed by atoms with Crippen molar-refractivity contribution in [1.29, 1.82) is 0 Å². The van der Waals surface area contributed by atoms with Crippen molar-refractivity contribution in [2.45, 2.75) is 64.1 Å². The van der Waals surface area contributed by atoms with E-state index < -0.39 is 0 Å². The fourth-order valence-corrected chi connectivity index (χ4v) is 4.26. The Morgan fingerprint density at radius 3 is 3.05 bits per heavy atom. The van der Waals surface area contributed by atoms with E-state index in [2.05, 4.69) is 16.8 Å². The summed E-state index contributed by atoms with van der Waals surface area (Å²) in [4.78, 5) is 18.8. The molecule has 1 saturated carbocycles. The maximum absolute atomic E-state index is 12.6. The third-order valence-corrected chi connectivity index (χ3v) is 5.58. The van der Waals surface area contributed by atoms with Gasteiger partial charge in [-0.2, -0.15) is 0 Å². The molecule has 2 aliphatic rings. The minimum Gasteiger partial charge on any atom is -0.381 e. The van der Waals surface area contributed by atoms with Crippen molar-refractivity contribution in [1.82, 2.24) is 14.5 Å². The highest BCUT2D eigenvalue weighted by Crippen LogP contribution is 2.47. The first kappa shape index (κ1) is 15.5. The molecule has 1 aliphatic carbocycles. The first-order valence-corrected chi connectivity index (χ1v) is 8.40. The molecule has 0 N–H and O–H groups in total. The molecule has 122 valence electrons. The lowest BCUT2D eigenvalue weighted by Crippen LogP contribution is -2.46. The van der Waals surface area contributed by atoms with Gasteiger partial charge in [-0.15, -0.1) is 0 Å². The summed E-state index contributed by atoms with van der Waals surface area (Å²) in [5, 5.41) is 0. The Hall–Kier alpha value is -1.36. The van der Waals surface area contributed by atoms with Crippen LogP contribution in [0.2, 0.25) is 0 Å². The first-order chi connectivity index (χ1) is 10.6. The molecule has 0 bridgehead atoms. The van der Waals surface area contributed by atoms with E-state index >= 15 is 0 Å². The van der Waals surface area contributed by atoms with E-state index in [9.17, 15) is 4.79 Å². The highest BCUT2D eigenvalue weighted by Gasteiger charge is 2.48. The number of likely N-dealkylation sites (tertiary alicyclic amines) is 1. The first-order valence-electron chi connectivity index (χ1n) is 8.40. The molecule has 1 saturated heterocycles. The van der Waals surface area contributed by atoms with Gasteiger partial charge in [0.15, 0.2) is 0 Å². The Morgan fingerprint density at radius 2 is 2.32 bits per heavy atom. The lowest BCUT2D eigenvalue weighted by Gasteiger charge is -2.42. The SMILES string of the molecule is CO[C@@H]1CC[C@H]2N(C(=O)CCCn3ccnc3)CC[C@@]2(C)C1. The van der Waals surface area contributed by atoms with Crippen LogP contribution in [0.3, 0.4) is 0 Å². The van der Waals surface area contributed by atoms with E-state index in [1.54, 1.807) is 6.20 Å². The number of carbonyl (C=O) groups excluding carboxylic acids is 1. The molecule has 1 amide bonds. The molecule has 5 heteroatoms. The smallest absolute Gasteiger partial charge is 0.222 e. The van der Waals surface area contributed by atoms with E-state index in [0.717, 1.165) is 45.2 Å². The Labute approximate surface area is 132 Å². The molecule has 0 unspecified atom stereocenters. The number of aryl methyl sites for hydroxylation is 1. The highest BCUT2D eigenvalue weighted by molar-refractivity contribution is 5.77. The van der Waals surface area contributed by atoms with Crippen LogP contribution in [0.1, 0.15) is 45.4 Å². The van der Waals surface area contributed by atoms with E-state index in [-0.39, 0.29) is 5.41 Å². The number of imidazole rings is 1. The van der Waals surface area contributed by atoms with Crippen LogP contribution in [0.5, 0.6) is 0 Å².